The number of hydrogen-bond acceptors (Lipinski definition) is 6. The lowest BCUT2D eigenvalue weighted by Gasteiger charge is -2.34. The van der Waals surface area contributed by atoms with E-state index in [2.05, 4.69) is 5.32 Å². The lowest BCUT2D eigenvalue weighted by Crippen LogP contribution is -2.55. The van der Waals surface area contributed by atoms with Crippen molar-refractivity contribution in [3.8, 4) is 0 Å². The number of non-ortho nitro benzene ring substituents is 1. The van der Waals surface area contributed by atoms with Crippen LogP contribution in [0.4, 0.5) is 11.4 Å². The molecule has 0 aliphatic heterocycles. The van der Waals surface area contributed by atoms with Gasteiger partial charge in [0.2, 0.25) is 11.8 Å². The SMILES string of the molecule is CC[C@H](C(=O)NC(C)(C)C)N(Cc1ccc(Cl)c(Cl)c1)C(=O)CN(c1cccc([N+](=O)[O-])c1)S(=O)(=O)c1ccccc1. The fraction of sp³-hybridized carbons (Fsp3) is 0.310. The minimum Gasteiger partial charge on any atom is -0.350 e. The van der Waals surface area contributed by atoms with Gasteiger partial charge in [0.1, 0.15) is 12.6 Å². The summed E-state index contributed by atoms with van der Waals surface area (Å²) in [6.07, 6.45) is 0.219. The molecule has 2 amide bonds. The van der Waals surface area contributed by atoms with Crippen molar-refractivity contribution >= 4 is 56.4 Å². The van der Waals surface area contributed by atoms with Crippen molar-refractivity contribution in [2.75, 3.05) is 10.8 Å². The number of rotatable bonds is 11. The molecule has 0 aromatic heterocycles. The first-order valence-electron chi connectivity index (χ1n) is 13.0. The summed E-state index contributed by atoms with van der Waals surface area (Å²) in [4.78, 5) is 39.5. The number of anilines is 1. The highest BCUT2D eigenvalue weighted by atomic mass is 35.5. The summed E-state index contributed by atoms with van der Waals surface area (Å²) in [7, 11) is -4.37. The van der Waals surface area contributed by atoms with Crippen molar-refractivity contribution in [2.45, 2.75) is 57.1 Å². The van der Waals surface area contributed by atoms with Gasteiger partial charge in [-0.15, -0.1) is 0 Å². The van der Waals surface area contributed by atoms with Gasteiger partial charge >= 0.3 is 0 Å². The van der Waals surface area contributed by atoms with E-state index in [0.29, 0.717) is 10.6 Å². The van der Waals surface area contributed by atoms with Crippen LogP contribution < -0.4 is 9.62 Å². The summed E-state index contributed by atoms with van der Waals surface area (Å²) < 4.78 is 28.5. The maximum Gasteiger partial charge on any atom is 0.271 e. The molecule has 0 aliphatic rings. The smallest absolute Gasteiger partial charge is 0.271 e. The normalized spacial score (nSPS) is 12.3. The predicted molar refractivity (Wildman–Crippen MR) is 163 cm³/mol. The third-order valence-corrected chi connectivity index (χ3v) is 8.69. The van der Waals surface area contributed by atoms with Crippen molar-refractivity contribution in [3.63, 3.8) is 0 Å². The Bertz CT molecular complexity index is 1560. The number of amides is 2. The second-order valence-corrected chi connectivity index (χ2v) is 13.2. The van der Waals surface area contributed by atoms with E-state index >= 15 is 0 Å². The van der Waals surface area contributed by atoms with Gasteiger partial charge in [-0.05, 0) is 63.1 Å². The third-order valence-electron chi connectivity index (χ3n) is 6.16. The molecule has 0 bridgehead atoms. The van der Waals surface area contributed by atoms with Crippen molar-refractivity contribution in [3.05, 3.63) is 98.5 Å². The monoisotopic (exact) mass is 634 g/mol. The second-order valence-electron chi connectivity index (χ2n) is 10.5. The van der Waals surface area contributed by atoms with Gasteiger partial charge in [0.05, 0.1) is 25.6 Å². The Balaban J connectivity index is 2.12. The molecule has 0 heterocycles. The molecule has 0 spiro atoms. The van der Waals surface area contributed by atoms with Crippen LogP contribution in [0.25, 0.3) is 0 Å². The van der Waals surface area contributed by atoms with Gasteiger partial charge in [0.25, 0.3) is 15.7 Å². The van der Waals surface area contributed by atoms with Gasteiger partial charge in [0.15, 0.2) is 0 Å². The lowest BCUT2D eigenvalue weighted by atomic mass is 10.1. The highest BCUT2D eigenvalue weighted by Crippen LogP contribution is 2.28. The number of halogens is 2. The maximum absolute atomic E-state index is 14.1. The molecule has 224 valence electrons. The highest BCUT2D eigenvalue weighted by Gasteiger charge is 2.35. The van der Waals surface area contributed by atoms with E-state index in [1.807, 2.05) is 0 Å². The number of nitrogens with zero attached hydrogens (tertiary/aromatic N) is 3. The summed E-state index contributed by atoms with van der Waals surface area (Å²) in [5.41, 5.74) is -0.471. The number of nitro groups is 1. The van der Waals surface area contributed by atoms with E-state index in [9.17, 15) is 28.1 Å². The fourth-order valence-corrected chi connectivity index (χ4v) is 5.96. The average Bonchev–Trinajstić information content (AvgIpc) is 2.92. The topological polar surface area (TPSA) is 130 Å². The molecule has 0 saturated heterocycles. The number of carbonyl (C=O) groups excluding carboxylic acids is 2. The Labute approximate surface area is 255 Å². The fourth-order valence-electron chi connectivity index (χ4n) is 4.22. The van der Waals surface area contributed by atoms with Crippen molar-refractivity contribution in [1.29, 1.82) is 0 Å². The van der Waals surface area contributed by atoms with Crippen molar-refractivity contribution in [1.82, 2.24) is 10.2 Å². The van der Waals surface area contributed by atoms with Gasteiger partial charge in [0, 0.05) is 24.2 Å². The molecule has 13 heteroatoms. The van der Waals surface area contributed by atoms with E-state index < -0.39 is 44.9 Å². The Kier molecular flexibility index (Phi) is 10.6. The second kappa shape index (κ2) is 13.5. The molecule has 0 saturated carbocycles. The highest BCUT2D eigenvalue weighted by molar-refractivity contribution is 7.92. The largest absolute Gasteiger partial charge is 0.350 e. The molecular weight excluding hydrogens is 603 g/mol. The van der Waals surface area contributed by atoms with Gasteiger partial charge in [-0.1, -0.05) is 60.5 Å². The molecule has 3 rings (SSSR count). The van der Waals surface area contributed by atoms with Crippen LogP contribution in [0.5, 0.6) is 0 Å². The van der Waals surface area contributed by atoms with E-state index in [1.165, 1.54) is 47.4 Å². The minimum atomic E-state index is -4.37. The van der Waals surface area contributed by atoms with Crippen LogP contribution in [0.3, 0.4) is 0 Å². The first-order valence-corrected chi connectivity index (χ1v) is 15.2. The molecule has 3 aromatic rings. The Morgan fingerprint density at radius 1 is 0.976 bits per heavy atom. The Morgan fingerprint density at radius 2 is 1.64 bits per heavy atom. The van der Waals surface area contributed by atoms with E-state index in [-0.39, 0.29) is 34.3 Å². The zero-order valence-corrected chi connectivity index (χ0v) is 25.9. The Hall–Kier alpha value is -3.67. The molecule has 0 fully saturated rings. The van der Waals surface area contributed by atoms with Crippen LogP contribution in [-0.4, -0.2) is 48.2 Å². The van der Waals surface area contributed by atoms with Crippen molar-refractivity contribution in [2.24, 2.45) is 0 Å². The van der Waals surface area contributed by atoms with E-state index in [4.69, 9.17) is 23.2 Å². The number of sulfonamides is 1. The van der Waals surface area contributed by atoms with Gasteiger partial charge in [-0.25, -0.2) is 8.42 Å². The van der Waals surface area contributed by atoms with Crippen LogP contribution in [0.15, 0.2) is 77.7 Å². The van der Waals surface area contributed by atoms with Gasteiger partial charge in [-0.3, -0.25) is 24.0 Å². The molecule has 42 heavy (non-hydrogen) atoms. The van der Waals surface area contributed by atoms with Gasteiger partial charge < -0.3 is 10.2 Å². The summed E-state index contributed by atoms with van der Waals surface area (Å²) in [5.74, 6) is -1.13. The minimum absolute atomic E-state index is 0.0805. The number of carbonyl (C=O) groups is 2. The standard InChI is InChI=1S/C29H32Cl2N4O6S/c1-5-26(28(37)32-29(2,3)4)33(18-20-14-15-24(30)25(31)16-20)27(36)19-34(21-10-9-11-22(17-21)35(38)39)42(40,41)23-12-7-6-8-13-23/h6-17,26H,5,18-19H2,1-4H3,(H,32,37)/t26-/m1/s1. The molecule has 1 N–H and O–H groups in total. The maximum atomic E-state index is 14.1. The zero-order chi connectivity index (χ0) is 31.2. The molecular formula is C29H32Cl2N4O6S. The van der Waals surface area contributed by atoms with Crippen LogP contribution in [0, 0.1) is 10.1 Å². The van der Waals surface area contributed by atoms with Crippen molar-refractivity contribution < 1.29 is 22.9 Å². The summed E-state index contributed by atoms with van der Waals surface area (Å²) in [6.45, 7) is 6.33. The molecule has 0 aliphatic carbocycles. The predicted octanol–water partition coefficient (Wildman–Crippen LogP) is 5.82. The van der Waals surface area contributed by atoms with Crippen LogP contribution in [-0.2, 0) is 26.2 Å². The van der Waals surface area contributed by atoms with Crippen LogP contribution in [0.1, 0.15) is 39.7 Å². The number of nitro benzene ring substituents is 1. The lowest BCUT2D eigenvalue weighted by molar-refractivity contribution is -0.384. The van der Waals surface area contributed by atoms with E-state index in [0.717, 1.165) is 10.4 Å². The molecule has 1 atom stereocenters. The quantitative estimate of drug-likeness (QED) is 0.209. The van der Waals surface area contributed by atoms with Crippen LogP contribution >= 0.6 is 23.2 Å². The number of benzene rings is 3. The molecule has 0 unspecified atom stereocenters. The average molecular weight is 636 g/mol. The van der Waals surface area contributed by atoms with Crippen LogP contribution in [0.2, 0.25) is 10.0 Å². The van der Waals surface area contributed by atoms with Gasteiger partial charge in [-0.2, -0.15) is 0 Å². The Morgan fingerprint density at radius 3 is 2.21 bits per heavy atom. The first-order chi connectivity index (χ1) is 19.6. The third kappa shape index (κ3) is 8.21. The number of nitrogens with one attached hydrogen (secondary N) is 1. The summed E-state index contributed by atoms with van der Waals surface area (Å²) in [6, 6.07) is 16.2. The zero-order valence-electron chi connectivity index (χ0n) is 23.6. The summed E-state index contributed by atoms with van der Waals surface area (Å²) in [5, 5.41) is 14.9. The molecule has 0 radical (unpaired) electrons. The van der Waals surface area contributed by atoms with E-state index in [1.54, 1.807) is 52.0 Å². The number of hydrogen-bond donors (Lipinski definition) is 1. The summed E-state index contributed by atoms with van der Waals surface area (Å²) >= 11 is 12.3. The first kappa shape index (κ1) is 32.8. The molecule has 3 aromatic carbocycles. The molecule has 10 nitrogen and oxygen atoms in total.